The summed E-state index contributed by atoms with van der Waals surface area (Å²) in [5, 5.41) is 89.7. The zero-order valence-electron chi connectivity index (χ0n) is 72.6. The summed E-state index contributed by atoms with van der Waals surface area (Å²) in [5.41, 5.74) is 6.13. The number of likely N-dealkylation sites (tertiary alicyclic amines) is 13. The molecule has 15 N–H and O–H groups in total. The summed E-state index contributed by atoms with van der Waals surface area (Å²) in [6, 6.07) is -16.1. The van der Waals surface area contributed by atoms with Crippen LogP contribution in [0, 0.1) is 0 Å². The number of carbonyl (C=O) groups is 20. The number of carboxylic acid groups (broad SMARTS) is 1. The molecule has 0 spiro atoms. The quantitative estimate of drug-likeness (QED) is 0.0331. The predicted octanol–water partition coefficient (Wildman–Crippen LogP) is -11.4. The number of nitrogens with two attached hydrogens (primary N) is 1. The van der Waals surface area contributed by atoms with Crippen LogP contribution >= 0.6 is 11.8 Å². The Bertz CT molecular complexity index is 4380. The first-order valence-corrected chi connectivity index (χ1v) is 46.6. The summed E-state index contributed by atoms with van der Waals surface area (Å²) >= 11 is 1.53. The van der Waals surface area contributed by atoms with Gasteiger partial charge in [0.05, 0.1) is 81.9 Å². The van der Waals surface area contributed by atoms with Crippen LogP contribution in [0.4, 0.5) is 0 Å². The number of carbonyl (C=O) groups excluding carboxylic acids is 19. The van der Waals surface area contributed by atoms with Crippen molar-refractivity contribution >= 4 is 130 Å². The minimum absolute atomic E-state index is 0.0260. The average Bonchev–Trinajstić information content (AvgIpc) is 1.65. The Balaban J connectivity index is 0.539. The van der Waals surface area contributed by atoms with Crippen LogP contribution in [0.1, 0.15) is 135 Å². The molecule has 716 valence electrons. The number of thioether (sulfide) groups is 1. The highest BCUT2D eigenvalue weighted by Gasteiger charge is 2.54. The summed E-state index contributed by atoms with van der Waals surface area (Å²) in [6.45, 7) is -5.01. The van der Waals surface area contributed by atoms with E-state index in [4.69, 9.17) is 5.73 Å². The second-order valence-electron chi connectivity index (χ2n) is 36.1. The van der Waals surface area contributed by atoms with Crippen LogP contribution < -0.4 is 37.6 Å². The van der Waals surface area contributed by atoms with Gasteiger partial charge < -0.3 is 137 Å². The van der Waals surface area contributed by atoms with Gasteiger partial charge >= 0.3 is 5.97 Å². The standard InChI is InChI=1S/C82H120N20O27S/c1-130-24-16-49(83)75(121)90-17-2-9-50(90)69(115)84-31-63(109)97-37-43(103)25-57(97)76(122)91-18-3-10-51(91)70(116)85-32-64(110)98-38-44(104)26-58(98)77(123)92-19-4-11-52(92)71(117)86-33-65(111)99-39-45(105)27-59(99)78(124)93-20-5-12-53(93)72(118)87-34-66(112)100-40-46(106)28-60(100)79(125)94-21-6-13-54(94)73(119)88-35-67(113)101-41-47(107)29-61(101)80(126)95-22-7-14-55(95)74(120)89-36-68(114)102-42-48(108)30-62(102)81(127)96-23-8-15-56(96)82(128)129/h43-62,103-108H,2-42,83H2,1H3,(H,84,115)(H,85,116)(H,86,117)(H,87,118)(H,88,119)(H,89,120)(H,128,129)/t43-,44-,45-,46-,47-,48-,49+,50+,51+,52+,53+,54+,55+,56+,57+,58+,59+,60+,61+,62+/m1/s1. The highest BCUT2D eigenvalue weighted by Crippen LogP contribution is 2.34. The molecule has 13 aliphatic heterocycles. The Morgan fingerprint density at radius 1 is 0.277 bits per heavy atom. The second kappa shape index (κ2) is 42.4. The molecule has 13 fully saturated rings. The number of carboxylic acids is 1. The lowest BCUT2D eigenvalue weighted by molar-refractivity contribution is -0.151. The van der Waals surface area contributed by atoms with Crippen molar-refractivity contribution in [3.63, 3.8) is 0 Å². The molecule has 130 heavy (non-hydrogen) atoms. The number of aliphatic carboxylic acids is 1. The summed E-state index contributed by atoms with van der Waals surface area (Å²) in [6.07, 6.45) is -2.02. The molecular formula is C82H120N20O27S. The van der Waals surface area contributed by atoms with Crippen molar-refractivity contribution in [1.29, 1.82) is 0 Å². The predicted molar refractivity (Wildman–Crippen MR) is 447 cm³/mol. The zero-order valence-corrected chi connectivity index (χ0v) is 73.4. The highest BCUT2D eigenvalue weighted by atomic mass is 32.2. The van der Waals surface area contributed by atoms with Crippen molar-refractivity contribution in [2.24, 2.45) is 5.73 Å². The van der Waals surface area contributed by atoms with Crippen molar-refractivity contribution in [3.8, 4) is 0 Å². The maximum absolute atomic E-state index is 14.5. The van der Waals surface area contributed by atoms with Gasteiger partial charge in [-0.1, -0.05) is 0 Å². The van der Waals surface area contributed by atoms with Gasteiger partial charge in [0.15, 0.2) is 0 Å². The van der Waals surface area contributed by atoms with Gasteiger partial charge in [-0.15, -0.1) is 0 Å². The molecule has 0 aliphatic carbocycles. The zero-order chi connectivity index (χ0) is 93.5. The molecule has 0 aromatic carbocycles. The summed E-state index contributed by atoms with van der Waals surface area (Å²) in [7, 11) is 0. The van der Waals surface area contributed by atoms with Crippen LogP contribution in [-0.4, -0.2) is 475 Å². The lowest BCUT2D eigenvalue weighted by atomic mass is 10.1. The monoisotopic (exact) mass is 1850 g/mol. The van der Waals surface area contributed by atoms with Crippen molar-refractivity contribution in [2.45, 2.75) is 256 Å². The third-order valence-electron chi connectivity index (χ3n) is 27.6. The largest absolute Gasteiger partial charge is 0.480 e. The Morgan fingerprint density at radius 2 is 0.454 bits per heavy atom. The fourth-order valence-corrected chi connectivity index (χ4v) is 21.6. The fourth-order valence-electron chi connectivity index (χ4n) is 21.1. The molecule has 47 nitrogen and oxygen atoms in total. The Hall–Kier alpha value is -10.5. The molecular weight excluding hydrogens is 1730 g/mol. The number of nitrogens with zero attached hydrogens (tertiary/aromatic N) is 13. The van der Waals surface area contributed by atoms with E-state index in [1.807, 2.05) is 6.26 Å². The first-order chi connectivity index (χ1) is 62.0. The van der Waals surface area contributed by atoms with Gasteiger partial charge in [0.25, 0.3) is 0 Å². The van der Waals surface area contributed by atoms with Gasteiger partial charge in [-0.25, -0.2) is 4.79 Å². The normalized spacial score (nSPS) is 30.4. The number of hydrogen-bond donors (Lipinski definition) is 14. The van der Waals surface area contributed by atoms with E-state index in [1.54, 1.807) is 0 Å². The Labute approximate surface area is 752 Å². The summed E-state index contributed by atoms with van der Waals surface area (Å²) in [5.74, 6) is -13.9. The molecule has 20 atom stereocenters. The first-order valence-electron chi connectivity index (χ1n) is 45.2. The van der Waals surface area contributed by atoms with E-state index in [-0.39, 0.29) is 161 Å². The molecule has 0 aromatic rings. The molecule has 13 heterocycles. The van der Waals surface area contributed by atoms with Gasteiger partial charge in [0, 0.05) is 124 Å². The Morgan fingerprint density at radius 3 is 0.646 bits per heavy atom. The highest BCUT2D eigenvalue weighted by molar-refractivity contribution is 7.98. The van der Waals surface area contributed by atoms with Crippen LogP contribution in [0.3, 0.4) is 0 Å². The Kier molecular flexibility index (Phi) is 31.6. The van der Waals surface area contributed by atoms with Crippen LogP contribution in [-0.2, 0) is 95.9 Å². The van der Waals surface area contributed by atoms with Crippen molar-refractivity contribution in [2.75, 3.05) is 136 Å². The molecule has 0 aromatic heterocycles. The minimum Gasteiger partial charge on any atom is -0.480 e. The SMILES string of the molecule is CSCC[C@H](N)C(=O)N1CCC[C@H]1C(=O)NCC(=O)N1C[C@H](O)C[C@H]1C(=O)N1CCC[C@H]1C(=O)NCC(=O)N1C[C@H](O)C[C@H]1C(=O)N1CCC[C@H]1C(=O)NCC(=O)N1C[C@H](O)C[C@H]1C(=O)N1CCC[C@H]1C(=O)NCC(=O)N1C[C@H](O)C[C@H]1C(=O)N1CCC[C@H]1C(=O)NCC(=O)N1C[C@H](O)C[C@H]1C(=O)N1CCC[C@H]1C(=O)NCC(=O)N1C[C@H](O)C[C@H]1C(=O)N1CCC[C@H]1C(=O)O. The lowest BCUT2D eigenvalue weighted by Crippen LogP contribution is -2.57. The van der Waals surface area contributed by atoms with E-state index < -0.39 is 273 Å². The second-order valence-corrected chi connectivity index (χ2v) is 37.1. The van der Waals surface area contributed by atoms with Crippen LogP contribution in [0.5, 0.6) is 0 Å². The van der Waals surface area contributed by atoms with Crippen molar-refractivity contribution < 1.29 is 132 Å². The van der Waals surface area contributed by atoms with E-state index in [1.165, 1.54) is 46.1 Å². The van der Waals surface area contributed by atoms with Gasteiger partial charge in [0.1, 0.15) is 78.5 Å². The number of aliphatic hydroxyl groups excluding tert-OH is 6. The van der Waals surface area contributed by atoms with Crippen LogP contribution in [0.2, 0.25) is 0 Å². The number of rotatable bonds is 29. The van der Waals surface area contributed by atoms with Gasteiger partial charge in [0.2, 0.25) is 112 Å². The van der Waals surface area contributed by atoms with Crippen LogP contribution in [0.25, 0.3) is 0 Å². The maximum Gasteiger partial charge on any atom is 0.326 e. The smallest absolute Gasteiger partial charge is 0.326 e. The molecule has 13 saturated heterocycles. The van der Waals surface area contributed by atoms with E-state index in [0.717, 1.165) is 29.4 Å². The average molecular weight is 1850 g/mol. The molecule has 13 aliphatic rings. The molecule has 0 unspecified atom stereocenters. The molecule has 0 saturated carbocycles. The van der Waals surface area contributed by atoms with Crippen molar-refractivity contribution in [3.05, 3.63) is 0 Å². The van der Waals surface area contributed by atoms with E-state index >= 15 is 0 Å². The van der Waals surface area contributed by atoms with Gasteiger partial charge in [-0.05, 0) is 108 Å². The number of aliphatic hydroxyl groups is 6. The number of hydrogen-bond acceptors (Lipinski definition) is 28. The minimum atomic E-state index is -1.32. The van der Waals surface area contributed by atoms with Gasteiger partial charge in [-0.3, -0.25) is 91.1 Å². The van der Waals surface area contributed by atoms with Crippen molar-refractivity contribution in [1.82, 2.24) is 95.6 Å². The fraction of sp³-hybridized carbons (Fsp3) is 0.756. The molecule has 0 bridgehead atoms. The van der Waals surface area contributed by atoms with E-state index in [2.05, 4.69) is 31.9 Å². The summed E-state index contributed by atoms with van der Waals surface area (Å²) < 4.78 is 0. The maximum atomic E-state index is 14.5. The van der Waals surface area contributed by atoms with E-state index in [9.17, 15) is 132 Å². The number of nitrogens with one attached hydrogen (secondary N) is 6. The topological polar surface area (TPSA) is 623 Å². The lowest BCUT2D eigenvalue weighted by Gasteiger charge is -2.32. The number of amides is 19. The third-order valence-corrected chi connectivity index (χ3v) is 28.2. The first kappa shape index (κ1) is 97.0. The number of β-amino-alcohol motifs (C(OH)–C–C–N with tert-alkyl or cyclic N) is 6. The molecule has 48 heteroatoms. The summed E-state index contributed by atoms with van der Waals surface area (Å²) in [4.78, 5) is 292. The molecule has 13 rings (SSSR count). The van der Waals surface area contributed by atoms with Gasteiger partial charge in [-0.2, -0.15) is 11.8 Å². The van der Waals surface area contributed by atoms with E-state index in [0.29, 0.717) is 70.1 Å². The molecule has 0 radical (unpaired) electrons. The third kappa shape index (κ3) is 21.3. The van der Waals surface area contributed by atoms with Crippen LogP contribution in [0.15, 0.2) is 0 Å². The molecule has 19 amide bonds.